The summed E-state index contributed by atoms with van der Waals surface area (Å²) in [5, 5.41) is 6.85. The molecule has 0 aliphatic heterocycles. The Morgan fingerprint density at radius 2 is 2.08 bits per heavy atom. The Bertz CT molecular complexity index is 296. The van der Waals surface area contributed by atoms with E-state index >= 15 is 0 Å². The molecule has 0 heterocycles. The summed E-state index contributed by atoms with van der Waals surface area (Å²) >= 11 is 0. The predicted octanol–water partition coefficient (Wildman–Crippen LogP) is -0.973. The molecule has 0 aromatic rings. The summed E-state index contributed by atoms with van der Waals surface area (Å²) in [6, 6.07) is 0. The van der Waals surface area contributed by atoms with Crippen molar-refractivity contribution in [2.75, 3.05) is 0 Å². The number of hydrogen-bond donors (Lipinski definition) is 2. The summed E-state index contributed by atoms with van der Waals surface area (Å²) in [4.78, 5) is 20.5. The minimum Gasteiger partial charge on any atom is -0.285 e. The van der Waals surface area contributed by atoms with Gasteiger partial charge in [-0.05, 0) is 6.92 Å². The van der Waals surface area contributed by atoms with Gasteiger partial charge in [-0.2, -0.15) is 13.5 Å². The Morgan fingerprint density at radius 1 is 1.62 bits per heavy atom. The number of hydrogen-bond acceptors (Lipinski definition) is 5. The smallest absolute Gasteiger partial charge is 0.268 e. The minimum atomic E-state index is -4.31. The highest BCUT2D eigenvalue weighted by molar-refractivity contribution is 7.86. The fourth-order valence-corrected chi connectivity index (χ4v) is 0.857. The second kappa shape index (κ2) is 4.30. The number of imide groups is 1. The number of hydroxylamine groups is 2. The molecule has 0 aliphatic carbocycles. The van der Waals surface area contributed by atoms with Crippen LogP contribution < -0.4 is 0 Å². The van der Waals surface area contributed by atoms with Crippen LogP contribution in [0.4, 0.5) is 0 Å². The van der Waals surface area contributed by atoms with Crippen molar-refractivity contribution in [3.05, 3.63) is 0 Å². The Morgan fingerprint density at radius 3 is 2.38 bits per heavy atom. The van der Waals surface area contributed by atoms with Gasteiger partial charge in [0, 0.05) is 6.42 Å². The van der Waals surface area contributed by atoms with Gasteiger partial charge in [-0.3, -0.25) is 19.3 Å². The van der Waals surface area contributed by atoms with E-state index in [1.54, 1.807) is 0 Å². The Labute approximate surface area is 74.7 Å². The minimum absolute atomic E-state index is 0.168. The molecule has 0 saturated carbocycles. The van der Waals surface area contributed by atoms with Crippen LogP contribution in [-0.2, 0) is 19.7 Å². The van der Waals surface area contributed by atoms with Gasteiger partial charge in [0.15, 0.2) is 0 Å². The van der Waals surface area contributed by atoms with E-state index in [4.69, 9.17) is 9.76 Å². The Balaban J connectivity index is 4.31. The lowest BCUT2D eigenvalue weighted by molar-refractivity contribution is -0.170. The van der Waals surface area contributed by atoms with Crippen molar-refractivity contribution in [3.63, 3.8) is 0 Å². The first-order valence-corrected chi connectivity index (χ1v) is 4.72. The molecule has 76 valence electrons. The summed E-state index contributed by atoms with van der Waals surface area (Å²) in [5.41, 5.74) is 0. The molecule has 0 radical (unpaired) electrons. The zero-order valence-electron chi connectivity index (χ0n) is 6.74. The van der Waals surface area contributed by atoms with E-state index in [1.165, 1.54) is 0 Å². The number of rotatable bonds is 4. The Kier molecular flexibility index (Phi) is 3.98. The van der Waals surface area contributed by atoms with Gasteiger partial charge in [0.05, 0.1) is 5.25 Å². The van der Waals surface area contributed by atoms with Crippen LogP contribution in [0, 0.1) is 0 Å². The van der Waals surface area contributed by atoms with Gasteiger partial charge in [0.1, 0.15) is 0 Å². The quantitative estimate of drug-likeness (QED) is 0.268. The molecule has 7 nitrogen and oxygen atoms in total. The predicted molar refractivity (Wildman–Crippen MR) is 40.3 cm³/mol. The second-order valence-electron chi connectivity index (χ2n) is 2.37. The lowest BCUT2D eigenvalue weighted by Crippen LogP contribution is -2.31. The van der Waals surface area contributed by atoms with Crippen LogP contribution in [0.15, 0.2) is 0 Å². The Hall–Kier alpha value is -0.990. The van der Waals surface area contributed by atoms with Crippen LogP contribution in [0.2, 0.25) is 0 Å². The van der Waals surface area contributed by atoms with E-state index < -0.39 is 27.7 Å². The van der Waals surface area contributed by atoms with Gasteiger partial charge in [-0.25, -0.2) is 0 Å². The highest BCUT2D eigenvalue weighted by Crippen LogP contribution is 2.04. The van der Waals surface area contributed by atoms with Gasteiger partial charge in [-0.15, -0.1) is 0 Å². The molecule has 0 saturated heterocycles. The van der Waals surface area contributed by atoms with Gasteiger partial charge in [0.25, 0.3) is 16.0 Å². The normalized spacial score (nSPS) is 13.5. The molecule has 0 aromatic carbocycles. The summed E-state index contributed by atoms with van der Waals surface area (Å²) in [6.45, 7) is 1.08. The van der Waals surface area contributed by atoms with Crippen LogP contribution >= 0.6 is 0 Å². The summed E-state index contributed by atoms with van der Waals surface area (Å²) < 4.78 is 29.2. The van der Waals surface area contributed by atoms with Crippen molar-refractivity contribution in [2.24, 2.45) is 0 Å². The van der Waals surface area contributed by atoms with Crippen molar-refractivity contribution in [1.29, 1.82) is 0 Å². The molecule has 1 atom stereocenters. The number of carbonyl (C=O) groups excluding carboxylic acids is 2. The monoisotopic (exact) mass is 211 g/mol. The molecule has 1 unspecified atom stereocenters. The molecule has 0 rings (SSSR count). The molecule has 2 N–H and O–H groups in total. The largest absolute Gasteiger partial charge is 0.285 e. The third-order valence-electron chi connectivity index (χ3n) is 1.33. The topological polar surface area (TPSA) is 112 Å². The molecule has 13 heavy (non-hydrogen) atoms. The van der Waals surface area contributed by atoms with Crippen molar-refractivity contribution in [3.8, 4) is 0 Å². The van der Waals surface area contributed by atoms with Crippen molar-refractivity contribution in [2.45, 2.75) is 18.6 Å². The average Bonchev–Trinajstić information content (AvgIpc) is 2.01. The van der Waals surface area contributed by atoms with Gasteiger partial charge in [-0.1, -0.05) is 0 Å². The first kappa shape index (κ1) is 12.0. The second-order valence-corrected chi connectivity index (χ2v) is 4.21. The van der Waals surface area contributed by atoms with E-state index in [9.17, 15) is 18.0 Å². The fourth-order valence-electron chi connectivity index (χ4n) is 0.504. The van der Waals surface area contributed by atoms with Crippen molar-refractivity contribution in [1.82, 2.24) is 5.06 Å². The van der Waals surface area contributed by atoms with E-state index in [0.717, 1.165) is 6.92 Å². The molecule has 0 aliphatic rings. The summed E-state index contributed by atoms with van der Waals surface area (Å²) in [7, 11) is -4.31. The molecule has 8 heteroatoms. The maximum atomic E-state index is 10.7. The van der Waals surface area contributed by atoms with Crippen molar-refractivity contribution >= 4 is 22.4 Å². The van der Waals surface area contributed by atoms with Crippen LogP contribution in [0.5, 0.6) is 0 Å². The lowest BCUT2D eigenvalue weighted by atomic mass is 10.3. The van der Waals surface area contributed by atoms with E-state index in [-0.39, 0.29) is 11.5 Å². The highest BCUT2D eigenvalue weighted by Gasteiger charge is 2.23. The zero-order valence-corrected chi connectivity index (χ0v) is 7.56. The molecule has 0 fully saturated rings. The van der Waals surface area contributed by atoms with Gasteiger partial charge in [0.2, 0.25) is 6.41 Å². The first-order chi connectivity index (χ1) is 5.79. The number of carbonyl (C=O) groups is 2. The molecule has 0 aromatic heterocycles. The summed E-state index contributed by atoms with van der Waals surface area (Å²) in [6.07, 6.45) is -0.826. The first-order valence-electron chi connectivity index (χ1n) is 3.21. The number of amides is 2. The maximum Gasteiger partial charge on any atom is 0.268 e. The molecular formula is C5H9NO6S. The summed E-state index contributed by atoms with van der Waals surface area (Å²) in [5.74, 6) is -1.10. The van der Waals surface area contributed by atoms with E-state index in [2.05, 4.69) is 0 Å². The third-order valence-corrected chi connectivity index (χ3v) is 2.51. The number of nitrogens with zero attached hydrogens (tertiary/aromatic N) is 1. The average molecular weight is 211 g/mol. The van der Waals surface area contributed by atoms with E-state index in [0.29, 0.717) is 0 Å². The van der Waals surface area contributed by atoms with Crippen LogP contribution in [0.3, 0.4) is 0 Å². The molecule has 0 bridgehead atoms. The third kappa shape index (κ3) is 3.97. The maximum absolute atomic E-state index is 10.7. The van der Waals surface area contributed by atoms with Crippen LogP contribution in [-0.4, -0.2) is 40.8 Å². The zero-order chi connectivity index (χ0) is 10.6. The van der Waals surface area contributed by atoms with Gasteiger partial charge >= 0.3 is 0 Å². The standard InChI is InChI=1S/C5H9NO6S/c1-4(13(10,11)12)2-5(8)6(9)3-7/h3-4,9H,2H2,1H3,(H,10,11,12). The molecular weight excluding hydrogens is 202 g/mol. The SMILES string of the molecule is CC(CC(=O)N(O)C=O)S(=O)(=O)O. The van der Waals surface area contributed by atoms with Crippen molar-refractivity contribution < 1.29 is 27.8 Å². The fraction of sp³-hybridized carbons (Fsp3) is 0.600. The lowest BCUT2D eigenvalue weighted by Gasteiger charge is -2.09. The molecule has 0 spiro atoms. The van der Waals surface area contributed by atoms with Gasteiger partial charge < -0.3 is 0 Å². The van der Waals surface area contributed by atoms with Crippen LogP contribution in [0.25, 0.3) is 0 Å². The molecule has 2 amide bonds. The highest BCUT2D eigenvalue weighted by atomic mass is 32.2. The van der Waals surface area contributed by atoms with Crippen LogP contribution in [0.1, 0.15) is 13.3 Å². The van der Waals surface area contributed by atoms with E-state index in [1.807, 2.05) is 0 Å².